The Morgan fingerprint density at radius 3 is 2.24 bits per heavy atom. The van der Waals surface area contributed by atoms with Gasteiger partial charge in [-0.1, -0.05) is 19.3 Å². The molecule has 2 aliphatic rings. The molecule has 1 amide bonds. The molecule has 2 heterocycles. The second-order valence-corrected chi connectivity index (χ2v) is 6.31. The molecular weight excluding hydrogens is 268 g/mol. The number of hydrogen-bond donors (Lipinski definition) is 0. The monoisotopic (exact) mass is 296 g/mol. The Bertz CT molecular complexity index is 365. The third-order valence-electron chi connectivity index (χ3n) is 4.60. The van der Waals surface area contributed by atoms with Crippen LogP contribution in [-0.4, -0.2) is 60.5 Å². The number of ether oxygens (including phenoxy) is 1. The Morgan fingerprint density at radius 2 is 1.62 bits per heavy atom. The number of carbonyl (C=O) groups excluding carboxylic acids is 2. The van der Waals surface area contributed by atoms with E-state index in [0.717, 1.165) is 51.7 Å². The first-order valence-corrected chi connectivity index (χ1v) is 8.29. The van der Waals surface area contributed by atoms with Crippen LogP contribution in [0, 0.1) is 0 Å². The first-order valence-electron chi connectivity index (χ1n) is 8.29. The van der Waals surface area contributed by atoms with Crippen molar-refractivity contribution < 1.29 is 14.3 Å². The number of carbonyl (C=O) groups is 2. The van der Waals surface area contributed by atoms with E-state index < -0.39 is 6.10 Å². The topological polar surface area (TPSA) is 49.9 Å². The molecule has 5 heteroatoms. The fourth-order valence-electron chi connectivity index (χ4n) is 3.22. The predicted octanol–water partition coefficient (Wildman–Crippen LogP) is 1.80. The number of nitrogens with zero attached hydrogens (tertiary/aromatic N) is 2. The maximum atomic E-state index is 12.4. The van der Waals surface area contributed by atoms with Gasteiger partial charge in [-0.15, -0.1) is 0 Å². The fraction of sp³-hybridized carbons (Fsp3) is 0.875. The van der Waals surface area contributed by atoms with Crippen molar-refractivity contribution in [3.05, 3.63) is 0 Å². The first-order chi connectivity index (χ1) is 10.1. The number of amides is 1. The zero-order chi connectivity index (χ0) is 15.2. The van der Waals surface area contributed by atoms with Crippen LogP contribution in [0.4, 0.5) is 0 Å². The van der Waals surface area contributed by atoms with Crippen LogP contribution in [0.5, 0.6) is 0 Å². The number of likely N-dealkylation sites (tertiary alicyclic amines) is 2. The van der Waals surface area contributed by atoms with Gasteiger partial charge in [0.2, 0.25) is 0 Å². The van der Waals surface area contributed by atoms with E-state index in [1.165, 1.54) is 12.8 Å². The van der Waals surface area contributed by atoms with Gasteiger partial charge in [-0.3, -0.25) is 14.5 Å². The molecule has 0 aromatic heterocycles. The minimum atomic E-state index is -0.661. The highest BCUT2D eigenvalue weighted by molar-refractivity contribution is 5.85. The van der Waals surface area contributed by atoms with Gasteiger partial charge in [-0.25, -0.2) is 0 Å². The SMILES string of the molecule is C[C@H](OC(=O)[C@H]1CCCCN1C)C(=O)N1CCCCCC1. The van der Waals surface area contributed by atoms with Crippen LogP contribution in [0.25, 0.3) is 0 Å². The molecule has 2 atom stereocenters. The molecule has 2 fully saturated rings. The lowest BCUT2D eigenvalue weighted by molar-refractivity contribution is -0.164. The third kappa shape index (κ3) is 4.43. The van der Waals surface area contributed by atoms with Gasteiger partial charge in [0, 0.05) is 13.1 Å². The predicted molar refractivity (Wildman–Crippen MR) is 80.9 cm³/mol. The summed E-state index contributed by atoms with van der Waals surface area (Å²) in [5.74, 6) is -0.281. The summed E-state index contributed by atoms with van der Waals surface area (Å²) in [6.45, 7) is 4.22. The van der Waals surface area contributed by atoms with E-state index >= 15 is 0 Å². The van der Waals surface area contributed by atoms with Gasteiger partial charge in [0.25, 0.3) is 5.91 Å². The summed E-state index contributed by atoms with van der Waals surface area (Å²) in [5, 5.41) is 0. The normalized spacial score (nSPS) is 26.0. The average Bonchev–Trinajstić information content (AvgIpc) is 2.75. The van der Waals surface area contributed by atoms with Gasteiger partial charge >= 0.3 is 5.97 Å². The Hall–Kier alpha value is -1.10. The Morgan fingerprint density at radius 1 is 1.00 bits per heavy atom. The van der Waals surface area contributed by atoms with Gasteiger partial charge in [-0.05, 0) is 46.2 Å². The van der Waals surface area contributed by atoms with Gasteiger partial charge in [-0.2, -0.15) is 0 Å². The summed E-state index contributed by atoms with van der Waals surface area (Å²) < 4.78 is 5.44. The van der Waals surface area contributed by atoms with Crippen molar-refractivity contribution in [2.75, 3.05) is 26.7 Å². The number of piperidine rings is 1. The molecule has 0 saturated carbocycles. The second kappa shape index (κ2) is 7.78. The average molecular weight is 296 g/mol. The molecular formula is C16H28N2O3. The molecule has 5 nitrogen and oxygen atoms in total. The van der Waals surface area contributed by atoms with E-state index in [2.05, 4.69) is 0 Å². The summed E-state index contributed by atoms with van der Waals surface area (Å²) in [7, 11) is 1.95. The van der Waals surface area contributed by atoms with Crippen LogP contribution >= 0.6 is 0 Å². The van der Waals surface area contributed by atoms with Gasteiger partial charge < -0.3 is 9.64 Å². The van der Waals surface area contributed by atoms with Crippen molar-refractivity contribution in [1.82, 2.24) is 9.80 Å². The maximum absolute atomic E-state index is 12.4. The highest BCUT2D eigenvalue weighted by Gasteiger charge is 2.31. The molecule has 0 aliphatic carbocycles. The van der Waals surface area contributed by atoms with Crippen LogP contribution < -0.4 is 0 Å². The van der Waals surface area contributed by atoms with Crippen LogP contribution in [0.2, 0.25) is 0 Å². The van der Waals surface area contributed by atoms with Crippen molar-refractivity contribution in [3.63, 3.8) is 0 Å². The third-order valence-corrected chi connectivity index (χ3v) is 4.60. The van der Waals surface area contributed by atoms with Crippen LogP contribution in [0.15, 0.2) is 0 Å². The van der Waals surface area contributed by atoms with Crippen molar-refractivity contribution >= 4 is 11.9 Å². The van der Waals surface area contributed by atoms with Gasteiger partial charge in [0.05, 0.1) is 0 Å². The Labute approximate surface area is 127 Å². The van der Waals surface area contributed by atoms with Crippen LogP contribution in [0.3, 0.4) is 0 Å². The summed E-state index contributed by atoms with van der Waals surface area (Å²) in [4.78, 5) is 28.5. The largest absolute Gasteiger partial charge is 0.451 e. The minimum Gasteiger partial charge on any atom is -0.451 e. The van der Waals surface area contributed by atoms with Crippen molar-refractivity contribution in [2.45, 2.75) is 64.0 Å². The lowest BCUT2D eigenvalue weighted by atomic mass is 10.0. The molecule has 120 valence electrons. The molecule has 2 saturated heterocycles. The summed E-state index contributed by atoms with van der Waals surface area (Å²) in [6.07, 6.45) is 6.83. The zero-order valence-electron chi connectivity index (χ0n) is 13.3. The molecule has 2 rings (SSSR count). The highest BCUT2D eigenvalue weighted by Crippen LogP contribution is 2.17. The van der Waals surface area contributed by atoms with Crippen LogP contribution in [-0.2, 0) is 14.3 Å². The van der Waals surface area contributed by atoms with Crippen molar-refractivity contribution in [1.29, 1.82) is 0 Å². The molecule has 0 radical (unpaired) electrons. The first kappa shape index (κ1) is 16.3. The highest BCUT2D eigenvalue weighted by atomic mass is 16.5. The smallest absolute Gasteiger partial charge is 0.324 e. The number of hydrogen-bond acceptors (Lipinski definition) is 4. The maximum Gasteiger partial charge on any atom is 0.324 e. The van der Waals surface area contributed by atoms with E-state index in [-0.39, 0.29) is 17.9 Å². The molecule has 2 aliphatic heterocycles. The van der Waals surface area contributed by atoms with E-state index in [1.807, 2.05) is 16.8 Å². The number of likely N-dealkylation sites (N-methyl/N-ethyl adjacent to an activating group) is 1. The zero-order valence-corrected chi connectivity index (χ0v) is 13.3. The van der Waals surface area contributed by atoms with E-state index in [0.29, 0.717) is 0 Å². The van der Waals surface area contributed by atoms with E-state index in [4.69, 9.17) is 4.74 Å². The molecule has 0 aromatic rings. The lowest BCUT2D eigenvalue weighted by Gasteiger charge is -2.32. The molecule has 0 bridgehead atoms. The summed E-state index contributed by atoms with van der Waals surface area (Å²) >= 11 is 0. The van der Waals surface area contributed by atoms with Gasteiger partial charge in [0.1, 0.15) is 6.04 Å². The van der Waals surface area contributed by atoms with Crippen molar-refractivity contribution in [3.8, 4) is 0 Å². The lowest BCUT2D eigenvalue weighted by Crippen LogP contribution is -2.46. The van der Waals surface area contributed by atoms with E-state index in [1.54, 1.807) is 6.92 Å². The van der Waals surface area contributed by atoms with Crippen LogP contribution in [0.1, 0.15) is 51.9 Å². The molecule has 0 spiro atoms. The van der Waals surface area contributed by atoms with Crippen molar-refractivity contribution in [2.24, 2.45) is 0 Å². The Kier molecular flexibility index (Phi) is 6.03. The molecule has 21 heavy (non-hydrogen) atoms. The Balaban J connectivity index is 1.85. The minimum absolute atomic E-state index is 0.0382. The second-order valence-electron chi connectivity index (χ2n) is 6.31. The van der Waals surface area contributed by atoms with Gasteiger partial charge in [0.15, 0.2) is 6.10 Å². The fourth-order valence-corrected chi connectivity index (χ4v) is 3.22. The number of esters is 1. The summed E-state index contributed by atoms with van der Waals surface area (Å²) in [5.41, 5.74) is 0. The molecule has 0 unspecified atom stereocenters. The molecule has 0 aromatic carbocycles. The van der Waals surface area contributed by atoms with E-state index in [9.17, 15) is 9.59 Å². The molecule has 0 N–H and O–H groups in total. The number of rotatable bonds is 3. The summed E-state index contributed by atoms with van der Waals surface area (Å²) in [6, 6.07) is -0.182. The standard InChI is InChI=1S/C16H28N2O3/c1-13(15(19)18-11-6-3-4-7-12-18)21-16(20)14-9-5-8-10-17(14)2/h13-14H,3-12H2,1-2H3/t13-,14+/m0/s1. The quantitative estimate of drug-likeness (QED) is 0.745.